The van der Waals surface area contributed by atoms with Crippen LogP contribution in [-0.2, 0) is 27.4 Å². The largest absolute Gasteiger partial charge is 0.446 e. The van der Waals surface area contributed by atoms with Gasteiger partial charge in [-0.25, -0.2) is 9.69 Å². The summed E-state index contributed by atoms with van der Waals surface area (Å²) < 4.78 is 5.31. The zero-order valence-corrected chi connectivity index (χ0v) is 24.1. The topological polar surface area (TPSA) is 66.9 Å². The number of carbonyl (C=O) groups excluding carboxylic acids is 3. The second-order valence-corrected chi connectivity index (χ2v) is 10.7. The summed E-state index contributed by atoms with van der Waals surface area (Å²) in [6.45, 7) is 4.88. The highest BCUT2D eigenvalue weighted by atomic mass is 16.6. The molecule has 0 N–H and O–H groups in total. The van der Waals surface area contributed by atoms with Crippen LogP contribution >= 0.6 is 0 Å². The van der Waals surface area contributed by atoms with Gasteiger partial charge in [-0.05, 0) is 47.7 Å². The molecule has 0 radical (unpaired) electrons. The summed E-state index contributed by atoms with van der Waals surface area (Å²) in [5.74, 6) is -2.20. The van der Waals surface area contributed by atoms with Crippen LogP contribution in [0.4, 0.5) is 10.5 Å². The zero-order chi connectivity index (χ0) is 29.5. The monoisotopic (exact) mass is 560 g/mol. The first-order valence-corrected chi connectivity index (χ1v) is 14.4. The number of imide groups is 1. The minimum Gasteiger partial charge on any atom is -0.446 e. The number of carbonyl (C=O) groups is 3. The van der Waals surface area contributed by atoms with Gasteiger partial charge in [0.05, 0.1) is 0 Å². The lowest BCUT2D eigenvalue weighted by molar-refractivity contribution is -0.140. The Morgan fingerprint density at radius 1 is 0.833 bits per heavy atom. The first kappa shape index (κ1) is 28.8. The summed E-state index contributed by atoms with van der Waals surface area (Å²) in [7, 11) is 0. The lowest BCUT2D eigenvalue weighted by Gasteiger charge is -2.30. The lowest BCUT2D eigenvalue weighted by atomic mass is 9.80. The van der Waals surface area contributed by atoms with E-state index >= 15 is 0 Å². The van der Waals surface area contributed by atoms with Crippen LogP contribution in [0.2, 0.25) is 0 Å². The fraction of sp³-hybridized carbons (Fsp3) is 0.250. The number of hydrogen-bond acceptors (Lipinski definition) is 5. The number of nitrogens with zero attached hydrogens (tertiary/aromatic N) is 2. The highest BCUT2D eigenvalue weighted by Crippen LogP contribution is 2.37. The molecule has 42 heavy (non-hydrogen) atoms. The number of hydrogen-bond donors (Lipinski definition) is 0. The van der Waals surface area contributed by atoms with Gasteiger partial charge in [0.15, 0.2) is 0 Å². The highest BCUT2D eigenvalue weighted by Gasteiger charge is 2.45. The Labute approximate surface area is 247 Å². The normalized spacial score (nSPS) is 16.0. The second kappa shape index (κ2) is 13.3. The van der Waals surface area contributed by atoms with Crippen LogP contribution < -0.4 is 4.90 Å². The minimum atomic E-state index is -1.01. The molecule has 0 bridgehead atoms. The maximum Gasteiger partial charge on any atom is 0.417 e. The second-order valence-electron chi connectivity index (χ2n) is 10.7. The lowest BCUT2D eigenvalue weighted by Crippen LogP contribution is -2.43. The van der Waals surface area contributed by atoms with Gasteiger partial charge in [0.25, 0.3) is 0 Å². The number of rotatable bonds is 11. The zero-order valence-electron chi connectivity index (χ0n) is 24.1. The Bertz CT molecular complexity index is 1470. The van der Waals surface area contributed by atoms with Crippen LogP contribution in [0.25, 0.3) is 0 Å². The van der Waals surface area contributed by atoms with E-state index in [-0.39, 0.29) is 12.4 Å². The van der Waals surface area contributed by atoms with Crippen molar-refractivity contribution in [2.24, 2.45) is 5.92 Å². The molecule has 2 amide bonds. The Morgan fingerprint density at radius 2 is 1.40 bits per heavy atom. The number of cyclic esters (lactones) is 1. The summed E-state index contributed by atoms with van der Waals surface area (Å²) in [4.78, 5) is 43.5. The van der Waals surface area contributed by atoms with Gasteiger partial charge >= 0.3 is 6.09 Å². The van der Waals surface area contributed by atoms with Crippen molar-refractivity contribution in [3.8, 4) is 0 Å². The molecule has 1 aliphatic rings. The first-order chi connectivity index (χ1) is 20.5. The van der Waals surface area contributed by atoms with Crippen molar-refractivity contribution in [3.63, 3.8) is 0 Å². The summed E-state index contributed by atoms with van der Waals surface area (Å²) in [6.07, 6.45) is -0.156. The molecule has 6 nitrogen and oxygen atoms in total. The molecule has 6 heteroatoms. The minimum absolute atomic E-state index is 0.0689. The van der Waals surface area contributed by atoms with Gasteiger partial charge in [-0.15, -0.1) is 0 Å². The van der Waals surface area contributed by atoms with Crippen molar-refractivity contribution in [1.29, 1.82) is 0 Å². The molecule has 3 atom stereocenters. The number of amides is 2. The molecule has 0 aromatic heterocycles. The van der Waals surface area contributed by atoms with E-state index in [0.29, 0.717) is 19.5 Å². The average molecular weight is 561 g/mol. The van der Waals surface area contributed by atoms with Crippen LogP contribution in [0.1, 0.15) is 54.5 Å². The van der Waals surface area contributed by atoms with E-state index in [1.54, 1.807) is 0 Å². The van der Waals surface area contributed by atoms with Crippen molar-refractivity contribution >= 4 is 23.5 Å². The van der Waals surface area contributed by atoms with E-state index in [1.165, 1.54) is 18.1 Å². The molecule has 1 aliphatic heterocycles. The number of benzene rings is 4. The smallest absolute Gasteiger partial charge is 0.417 e. The van der Waals surface area contributed by atoms with Crippen molar-refractivity contribution in [1.82, 2.24) is 4.90 Å². The van der Waals surface area contributed by atoms with E-state index in [4.69, 9.17) is 4.74 Å². The van der Waals surface area contributed by atoms with Gasteiger partial charge in [-0.2, -0.15) is 0 Å². The molecule has 4 aromatic carbocycles. The van der Waals surface area contributed by atoms with Crippen LogP contribution in [0.3, 0.4) is 0 Å². The van der Waals surface area contributed by atoms with Crippen molar-refractivity contribution in [2.75, 3.05) is 11.5 Å². The van der Waals surface area contributed by atoms with Gasteiger partial charge < -0.3 is 9.64 Å². The fourth-order valence-electron chi connectivity index (χ4n) is 5.83. The van der Waals surface area contributed by atoms with E-state index < -0.39 is 29.9 Å². The number of anilines is 1. The summed E-state index contributed by atoms with van der Waals surface area (Å²) in [5, 5.41) is 0. The maximum absolute atomic E-state index is 14.0. The van der Waals surface area contributed by atoms with Gasteiger partial charge in [0.1, 0.15) is 24.3 Å². The van der Waals surface area contributed by atoms with Gasteiger partial charge in [-0.3, -0.25) is 9.59 Å². The Balaban J connectivity index is 1.47. The third-order valence-electron chi connectivity index (χ3n) is 7.94. The van der Waals surface area contributed by atoms with Crippen LogP contribution in [0.5, 0.6) is 0 Å². The predicted molar refractivity (Wildman–Crippen MR) is 164 cm³/mol. The molecule has 1 heterocycles. The molecule has 0 spiro atoms. The third-order valence-corrected chi connectivity index (χ3v) is 7.94. The summed E-state index contributed by atoms with van der Waals surface area (Å²) >= 11 is 0. The van der Waals surface area contributed by atoms with E-state index in [1.807, 2.05) is 85.8 Å². The molecule has 0 unspecified atom stereocenters. The molecule has 5 rings (SSSR count). The predicted octanol–water partition coefficient (Wildman–Crippen LogP) is 7.31. The van der Waals surface area contributed by atoms with E-state index in [0.717, 1.165) is 21.7 Å². The van der Waals surface area contributed by atoms with E-state index in [2.05, 4.69) is 41.3 Å². The third kappa shape index (κ3) is 6.44. The van der Waals surface area contributed by atoms with Crippen molar-refractivity contribution in [2.45, 2.75) is 45.3 Å². The van der Waals surface area contributed by atoms with Gasteiger partial charge in [0, 0.05) is 24.7 Å². The Kier molecular flexibility index (Phi) is 9.12. The fourth-order valence-corrected chi connectivity index (χ4v) is 5.83. The quantitative estimate of drug-likeness (QED) is 0.180. The highest BCUT2D eigenvalue weighted by molar-refractivity contribution is 6.06. The molecule has 1 fully saturated rings. The number of ether oxygens (including phenoxy) is 1. The van der Waals surface area contributed by atoms with Crippen LogP contribution in [0, 0.1) is 5.92 Å². The molecule has 0 aliphatic carbocycles. The van der Waals surface area contributed by atoms with E-state index in [9.17, 15) is 14.4 Å². The van der Waals surface area contributed by atoms with Crippen molar-refractivity contribution < 1.29 is 19.1 Å². The van der Waals surface area contributed by atoms with Crippen LogP contribution in [-0.4, -0.2) is 29.3 Å². The van der Waals surface area contributed by atoms with Crippen molar-refractivity contribution in [3.05, 3.63) is 138 Å². The van der Waals surface area contributed by atoms with Gasteiger partial charge in [-0.1, -0.05) is 110 Å². The maximum atomic E-state index is 14.0. The average Bonchev–Trinajstić information content (AvgIpc) is 3.41. The molecular formula is C36H36N2O4. The molecule has 4 aromatic rings. The first-order valence-electron chi connectivity index (χ1n) is 14.4. The summed E-state index contributed by atoms with van der Waals surface area (Å²) in [6, 6.07) is 37.5. The SMILES string of the molecule is CC[C@H](c1cccc(N(Cc2ccccc2)Cc2ccccc2)c1)[C@@H](C(C)=O)C(=O)N1C(=O)OC[C@@H]1c1ccccc1. The standard InChI is InChI=1S/C36H36N2O4/c1-3-32(34(26(2)39)35(40)38-33(25-42-36(38)41)29-18-11-6-12-19-29)30-20-13-21-31(22-30)37(23-27-14-7-4-8-15-27)24-28-16-9-5-10-17-28/h4-22,32-34H,3,23-25H2,1-2H3/t32-,33-,34-/m1/s1. The van der Waals surface area contributed by atoms with Crippen LogP contribution in [0.15, 0.2) is 115 Å². The summed E-state index contributed by atoms with van der Waals surface area (Å²) in [5.41, 5.74) is 5.05. The molecule has 1 saturated heterocycles. The molecule has 0 saturated carbocycles. The Morgan fingerprint density at radius 3 is 1.95 bits per heavy atom. The number of ketones is 1. The number of Topliss-reactive ketones (excluding diaryl/α,β-unsaturated/α-hetero) is 1. The molecular weight excluding hydrogens is 524 g/mol. The van der Waals surface area contributed by atoms with Gasteiger partial charge in [0.2, 0.25) is 5.91 Å². The molecule has 214 valence electrons. The Hall–Kier alpha value is -4.71.